The van der Waals surface area contributed by atoms with Crippen molar-refractivity contribution in [1.82, 2.24) is 0 Å². The summed E-state index contributed by atoms with van der Waals surface area (Å²) in [6.45, 7) is 15.7. The summed E-state index contributed by atoms with van der Waals surface area (Å²) in [4.78, 5) is 0. The van der Waals surface area contributed by atoms with E-state index in [4.69, 9.17) is 9.22 Å². The van der Waals surface area contributed by atoms with Gasteiger partial charge in [0.05, 0.1) is 6.10 Å². The molecule has 0 heterocycles. The van der Waals surface area contributed by atoms with Crippen LogP contribution >= 0.6 is 0 Å². The summed E-state index contributed by atoms with van der Waals surface area (Å²) in [5.41, 5.74) is 0. The quantitative estimate of drug-likeness (QED) is 0.297. The third kappa shape index (κ3) is 27.2. The molecule has 0 saturated heterocycles. The van der Waals surface area contributed by atoms with Crippen LogP contribution in [0.15, 0.2) is 12.2 Å². The second-order valence-electron chi connectivity index (χ2n) is 8.05. The fourth-order valence-corrected chi connectivity index (χ4v) is 9.59. The Morgan fingerprint density at radius 3 is 1.87 bits per heavy atom. The van der Waals surface area contributed by atoms with Gasteiger partial charge in [0.2, 0.25) is 0 Å². The van der Waals surface area contributed by atoms with E-state index in [0.717, 1.165) is 6.42 Å². The zero-order valence-corrected chi connectivity index (χ0v) is 18.7. The van der Waals surface area contributed by atoms with Gasteiger partial charge in [0, 0.05) is 6.61 Å². The van der Waals surface area contributed by atoms with Gasteiger partial charge in [0.15, 0.2) is 16.6 Å². The topological polar surface area (TPSA) is 49.7 Å². The third-order valence-corrected chi connectivity index (χ3v) is 7.77. The average Bonchev–Trinajstić information content (AvgIpc) is 2.34. The molecule has 0 spiro atoms. The zero-order valence-electron chi connectivity index (χ0n) is 16.7. The van der Waals surface area contributed by atoms with Crippen LogP contribution in [0.1, 0.15) is 51.9 Å². The number of allylic oxidation sites excluding steroid dienone is 1. The highest BCUT2D eigenvalue weighted by atomic mass is 28.4. The molecule has 0 aromatic carbocycles. The maximum atomic E-state index is 9.28. The van der Waals surface area contributed by atoms with Crippen LogP contribution in [0.3, 0.4) is 0 Å². The van der Waals surface area contributed by atoms with Gasteiger partial charge in [-0.3, -0.25) is 0 Å². The van der Waals surface area contributed by atoms with E-state index < -0.39 is 16.6 Å². The minimum atomic E-state index is -1.23. The highest BCUT2D eigenvalue weighted by Gasteiger charge is 2.24. The number of hydrogen-bond donors (Lipinski definition) is 2. The molecule has 23 heavy (non-hydrogen) atoms. The Kier molecular flexibility index (Phi) is 15.8. The second kappa shape index (κ2) is 14.4. The predicted molar refractivity (Wildman–Crippen MR) is 108 cm³/mol. The summed E-state index contributed by atoms with van der Waals surface area (Å²) in [6.07, 6.45) is 11.2. The fraction of sp³-hybridized carbons (Fsp3) is 0.889. The highest BCUT2D eigenvalue weighted by Crippen LogP contribution is 2.12. The fourth-order valence-electron chi connectivity index (χ4n) is 2.25. The van der Waals surface area contributed by atoms with Gasteiger partial charge in [-0.05, 0) is 65.0 Å². The summed E-state index contributed by atoms with van der Waals surface area (Å²) in [6, 6.07) is 0. The molecule has 5 heteroatoms. The molecular formula is C18H42O3Si2. The van der Waals surface area contributed by atoms with Gasteiger partial charge >= 0.3 is 0 Å². The number of rotatable bonds is 11. The van der Waals surface area contributed by atoms with Gasteiger partial charge in [0.1, 0.15) is 0 Å². The van der Waals surface area contributed by atoms with Crippen molar-refractivity contribution in [3.05, 3.63) is 12.2 Å². The molecule has 0 rings (SSSR count). The van der Waals surface area contributed by atoms with E-state index in [1.807, 2.05) is 6.08 Å². The van der Waals surface area contributed by atoms with Crippen LogP contribution < -0.4 is 0 Å². The molecule has 1 atom stereocenters. The number of hydrogen-bond acceptors (Lipinski definition) is 3. The van der Waals surface area contributed by atoms with E-state index in [1.165, 1.54) is 25.7 Å². The number of aliphatic hydroxyl groups excluding tert-OH is 2. The van der Waals surface area contributed by atoms with Crippen molar-refractivity contribution in [2.24, 2.45) is 0 Å². The van der Waals surface area contributed by atoms with Gasteiger partial charge < -0.3 is 14.3 Å². The standard InChI is InChI=1S/C12H24O2.C6H18OSi2/c1-2-3-4-5-6-7-8-9-12(14)10-11-13;1-8(2,3)7-9(4,5)6/h7-8,12-14H,2-6,9-11H2,1H3;1-6H3/b8-7+;. The monoisotopic (exact) mass is 362 g/mol. The zero-order chi connectivity index (χ0) is 18.4. The van der Waals surface area contributed by atoms with Gasteiger partial charge in [-0.25, -0.2) is 0 Å². The molecule has 0 aromatic heterocycles. The summed E-state index contributed by atoms with van der Waals surface area (Å²) in [5, 5.41) is 17.8. The third-order valence-electron chi connectivity index (χ3n) is 2.87. The molecular weight excluding hydrogens is 320 g/mol. The van der Waals surface area contributed by atoms with E-state index in [2.05, 4.69) is 52.3 Å². The van der Waals surface area contributed by atoms with Crippen molar-refractivity contribution >= 4 is 16.6 Å². The molecule has 0 fully saturated rings. The molecule has 140 valence electrons. The first-order valence-electron chi connectivity index (χ1n) is 9.16. The molecule has 0 radical (unpaired) electrons. The Hall–Kier alpha value is 0.0538. The minimum Gasteiger partial charge on any atom is -0.456 e. The average molecular weight is 363 g/mol. The Morgan fingerprint density at radius 2 is 1.48 bits per heavy atom. The molecule has 0 aliphatic carbocycles. The van der Waals surface area contributed by atoms with E-state index >= 15 is 0 Å². The molecule has 2 N–H and O–H groups in total. The van der Waals surface area contributed by atoms with Crippen LogP contribution in [-0.2, 0) is 4.12 Å². The first-order chi connectivity index (χ1) is 10.5. The van der Waals surface area contributed by atoms with Crippen molar-refractivity contribution in [3.8, 4) is 0 Å². The molecule has 0 aromatic rings. The smallest absolute Gasteiger partial charge is 0.170 e. The molecule has 1 unspecified atom stereocenters. The Morgan fingerprint density at radius 1 is 0.913 bits per heavy atom. The lowest BCUT2D eigenvalue weighted by molar-refractivity contribution is 0.135. The summed E-state index contributed by atoms with van der Waals surface area (Å²) >= 11 is 0. The van der Waals surface area contributed by atoms with Crippen molar-refractivity contribution in [2.75, 3.05) is 6.61 Å². The first-order valence-corrected chi connectivity index (χ1v) is 16.0. The van der Waals surface area contributed by atoms with Crippen molar-refractivity contribution < 1.29 is 14.3 Å². The van der Waals surface area contributed by atoms with E-state index in [0.29, 0.717) is 12.8 Å². The van der Waals surface area contributed by atoms with Crippen molar-refractivity contribution in [2.45, 2.75) is 97.3 Å². The minimum absolute atomic E-state index is 0.0749. The highest BCUT2D eigenvalue weighted by molar-refractivity contribution is 6.83. The van der Waals surface area contributed by atoms with Crippen LogP contribution in [-0.4, -0.2) is 39.6 Å². The van der Waals surface area contributed by atoms with E-state index in [1.54, 1.807) is 0 Å². The molecule has 3 nitrogen and oxygen atoms in total. The van der Waals surface area contributed by atoms with Gasteiger partial charge in [-0.2, -0.15) is 0 Å². The van der Waals surface area contributed by atoms with Gasteiger partial charge in [-0.1, -0.05) is 38.3 Å². The Bertz CT molecular complexity index is 269. The maximum absolute atomic E-state index is 9.28. The molecule has 0 amide bonds. The maximum Gasteiger partial charge on any atom is 0.170 e. The normalized spacial score (nSPS) is 13.8. The molecule has 0 aliphatic rings. The van der Waals surface area contributed by atoms with E-state index in [-0.39, 0.29) is 12.7 Å². The van der Waals surface area contributed by atoms with Crippen LogP contribution in [0.4, 0.5) is 0 Å². The molecule has 0 bridgehead atoms. The first kappa shape index (κ1) is 25.3. The largest absolute Gasteiger partial charge is 0.456 e. The van der Waals surface area contributed by atoms with Crippen LogP contribution in [0, 0.1) is 0 Å². The number of unbranched alkanes of at least 4 members (excludes halogenated alkanes) is 4. The molecule has 0 aliphatic heterocycles. The van der Waals surface area contributed by atoms with Crippen LogP contribution in [0.25, 0.3) is 0 Å². The predicted octanol–water partition coefficient (Wildman–Crippen LogP) is 5.32. The summed E-state index contributed by atoms with van der Waals surface area (Å²) in [7, 11) is -2.46. The van der Waals surface area contributed by atoms with E-state index in [9.17, 15) is 5.11 Å². The number of aliphatic hydroxyl groups is 2. The van der Waals surface area contributed by atoms with Crippen LogP contribution in [0.2, 0.25) is 39.3 Å². The Balaban J connectivity index is 0. The lowest BCUT2D eigenvalue weighted by Gasteiger charge is -2.27. The summed E-state index contributed by atoms with van der Waals surface area (Å²) in [5.74, 6) is 0. The Labute approximate surface area is 147 Å². The summed E-state index contributed by atoms with van der Waals surface area (Å²) < 4.78 is 5.90. The SMILES string of the molecule is CCCCCC/C=C/CC(O)CCO.C[Si](C)(C)O[Si](C)(C)C. The molecule has 0 saturated carbocycles. The van der Waals surface area contributed by atoms with Crippen LogP contribution in [0.5, 0.6) is 0 Å². The van der Waals surface area contributed by atoms with Gasteiger partial charge in [0.25, 0.3) is 0 Å². The van der Waals surface area contributed by atoms with Gasteiger partial charge in [-0.15, -0.1) is 0 Å². The second-order valence-corrected chi connectivity index (χ2v) is 17.3. The lowest BCUT2D eigenvalue weighted by atomic mass is 10.1. The van der Waals surface area contributed by atoms with Crippen molar-refractivity contribution in [3.63, 3.8) is 0 Å². The lowest BCUT2D eigenvalue weighted by Crippen LogP contribution is -2.39. The van der Waals surface area contributed by atoms with Crippen molar-refractivity contribution in [1.29, 1.82) is 0 Å².